The number of carbonyl (C=O) groups is 2. The van der Waals surface area contributed by atoms with Crippen LogP contribution >= 0.6 is 11.3 Å². The summed E-state index contributed by atoms with van der Waals surface area (Å²) in [6, 6.07) is 1.45. The van der Waals surface area contributed by atoms with Crippen LogP contribution in [0.4, 0.5) is 4.79 Å². The smallest absolute Gasteiger partial charge is 0.334 e. The molecule has 1 aromatic heterocycles. The molecule has 1 rings (SSSR count). The zero-order valence-electron chi connectivity index (χ0n) is 9.27. The first-order chi connectivity index (χ1) is 8.00. The maximum absolute atomic E-state index is 11.3. The minimum atomic E-state index is -1.58. The molecule has 0 aliphatic carbocycles. The molecule has 17 heavy (non-hydrogen) atoms. The molecule has 6 nitrogen and oxygen atoms in total. The number of nitrogens with one attached hydrogen (secondary N) is 2. The number of carboxylic acid groups (broad SMARTS) is 1. The Hall–Kier alpha value is -1.60. The zero-order chi connectivity index (χ0) is 12.8. The lowest BCUT2D eigenvalue weighted by atomic mass is 10.3. The van der Waals surface area contributed by atoms with Gasteiger partial charge in [-0.25, -0.2) is 9.59 Å². The number of aliphatic hydroxyl groups excluding tert-OH is 1. The van der Waals surface area contributed by atoms with Gasteiger partial charge < -0.3 is 20.8 Å². The molecule has 1 heterocycles. The first-order valence-corrected chi connectivity index (χ1v) is 5.84. The van der Waals surface area contributed by atoms with Crippen molar-refractivity contribution >= 4 is 23.3 Å². The highest BCUT2D eigenvalue weighted by molar-refractivity contribution is 7.10. The minimum Gasteiger partial charge on any atom is -0.479 e. The van der Waals surface area contributed by atoms with E-state index in [9.17, 15) is 9.59 Å². The van der Waals surface area contributed by atoms with Crippen LogP contribution in [0, 0.1) is 6.92 Å². The van der Waals surface area contributed by atoms with E-state index in [1.165, 1.54) is 11.3 Å². The topological polar surface area (TPSA) is 98.7 Å². The number of aliphatic carboxylic acids is 1. The number of rotatable bonds is 5. The van der Waals surface area contributed by atoms with Crippen LogP contribution in [0.1, 0.15) is 10.4 Å². The van der Waals surface area contributed by atoms with Gasteiger partial charge in [-0.2, -0.15) is 0 Å². The van der Waals surface area contributed by atoms with Gasteiger partial charge in [-0.05, 0) is 23.9 Å². The minimum absolute atomic E-state index is 0.315. The largest absolute Gasteiger partial charge is 0.479 e. The third kappa shape index (κ3) is 4.41. The Morgan fingerprint density at radius 3 is 2.71 bits per heavy atom. The Morgan fingerprint density at radius 2 is 2.18 bits per heavy atom. The third-order valence-corrected chi connectivity index (χ3v) is 3.14. The molecular formula is C10H14N2O4S. The van der Waals surface area contributed by atoms with Crippen molar-refractivity contribution in [2.45, 2.75) is 19.6 Å². The molecule has 1 unspecified atom stereocenters. The molecule has 0 bridgehead atoms. The van der Waals surface area contributed by atoms with Gasteiger partial charge in [-0.3, -0.25) is 0 Å². The molecule has 0 aliphatic rings. The van der Waals surface area contributed by atoms with Crippen molar-refractivity contribution in [1.29, 1.82) is 0 Å². The Balaban J connectivity index is 2.27. The zero-order valence-corrected chi connectivity index (χ0v) is 10.1. The standard InChI is InChI=1S/C10H14N2O4S/c1-6-2-3-17-8(6)5-12-10(16)11-4-7(13)9(14)15/h2-3,7,13H,4-5H2,1H3,(H,14,15)(H2,11,12,16). The molecule has 0 aromatic carbocycles. The molecule has 7 heteroatoms. The fourth-order valence-corrected chi connectivity index (χ4v) is 1.93. The second kappa shape index (κ2) is 6.21. The van der Waals surface area contributed by atoms with E-state index < -0.39 is 18.1 Å². The van der Waals surface area contributed by atoms with E-state index in [1.54, 1.807) is 0 Å². The monoisotopic (exact) mass is 258 g/mol. The molecule has 0 spiro atoms. The third-order valence-electron chi connectivity index (χ3n) is 2.12. The summed E-state index contributed by atoms with van der Waals surface area (Å²) in [6.45, 7) is 2.02. The molecule has 1 atom stereocenters. The molecule has 94 valence electrons. The highest BCUT2D eigenvalue weighted by Gasteiger charge is 2.13. The van der Waals surface area contributed by atoms with Crippen molar-refractivity contribution in [1.82, 2.24) is 10.6 Å². The van der Waals surface area contributed by atoms with E-state index in [-0.39, 0.29) is 6.54 Å². The van der Waals surface area contributed by atoms with E-state index in [0.717, 1.165) is 10.4 Å². The molecule has 0 fully saturated rings. The van der Waals surface area contributed by atoms with E-state index >= 15 is 0 Å². The van der Waals surface area contributed by atoms with Crippen molar-refractivity contribution in [3.05, 3.63) is 21.9 Å². The molecule has 0 saturated heterocycles. The summed E-state index contributed by atoms with van der Waals surface area (Å²) in [5, 5.41) is 24.1. The van der Waals surface area contributed by atoms with Gasteiger partial charge in [0.2, 0.25) is 0 Å². The second-order valence-electron chi connectivity index (χ2n) is 3.44. The van der Waals surface area contributed by atoms with Crippen LogP contribution in [0.25, 0.3) is 0 Å². The van der Waals surface area contributed by atoms with Crippen LogP contribution in [0.2, 0.25) is 0 Å². The predicted octanol–water partition coefficient (Wildman–Crippen LogP) is 0.301. The van der Waals surface area contributed by atoms with E-state index in [1.807, 2.05) is 18.4 Å². The number of carbonyl (C=O) groups excluding carboxylic acids is 1. The lowest BCUT2D eigenvalue weighted by Gasteiger charge is -2.09. The lowest BCUT2D eigenvalue weighted by Crippen LogP contribution is -2.41. The first kappa shape index (κ1) is 13.5. The number of thiophene rings is 1. The van der Waals surface area contributed by atoms with Gasteiger partial charge in [0, 0.05) is 4.88 Å². The summed E-state index contributed by atoms with van der Waals surface area (Å²) < 4.78 is 0. The number of urea groups is 1. The van der Waals surface area contributed by atoms with Crippen molar-refractivity contribution in [2.75, 3.05) is 6.54 Å². The van der Waals surface area contributed by atoms with Crippen molar-refractivity contribution in [3.8, 4) is 0 Å². The van der Waals surface area contributed by atoms with Crippen LogP contribution in [-0.4, -0.2) is 34.9 Å². The van der Waals surface area contributed by atoms with Gasteiger partial charge in [0.1, 0.15) is 0 Å². The highest BCUT2D eigenvalue weighted by Crippen LogP contribution is 2.14. The van der Waals surface area contributed by atoms with Crippen molar-refractivity contribution in [3.63, 3.8) is 0 Å². The van der Waals surface area contributed by atoms with Crippen LogP contribution in [0.3, 0.4) is 0 Å². The van der Waals surface area contributed by atoms with E-state index in [4.69, 9.17) is 10.2 Å². The summed E-state index contributed by atoms with van der Waals surface area (Å²) in [5.74, 6) is -1.36. The maximum atomic E-state index is 11.3. The fourth-order valence-electron chi connectivity index (χ4n) is 1.08. The normalized spacial score (nSPS) is 11.9. The number of aryl methyl sites for hydroxylation is 1. The molecule has 1 aromatic rings. The Kier molecular flexibility index (Phi) is 4.92. The van der Waals surface area contributed by atoms with E-state index in [2.05, 4.69) is 10.6 Å². The van der Waals surface area contributed by atoms with E-state index in [0.29, 0.717) is 6.54 Å². The maximum Gasteiger partial charge on any atom is 0.334 e. The van der Waals surface area contributed by atoms with Gasteiger partial charge in [-0.15, -0.1) is 11.3 Å². The van der Waals surface area contributed by atoms with Crippen molar-refractivity contribution < 1.29 is 19.8 Å². The number of carboxylic acids is 1. The Bertz CT molecular complexity index is 405. The van der Waals surface area contributed by atoms with Crippen LogP contribution < -0.4 is 10.6 Å². The van der Waals surface area contributed by atoms with Gasteiger partial charge in [0.25, 0.3) is 0 Å². The number of aliphatic hydroxyl groups is 1. The SMILES string of the molecule is Cc1ccsc1CNC(=O)NCC(O)C(=O)O. The number of hydrogen-bond donors (Lipinski definition) is 4. The molecule has 0 radical (unpaired) electrons. The van der Waals surface area contributed by atoms with Gasteiger partial charge in [0.15, 0.2) is 6.10 Å². The predicted molar refractivity (Wildman–Crippen MR) is 62.9 cm³/mol. The van der Waals surface area contributed by atoms with Crippen LogP contribution in [0.5, 0.6) is 0 Å². The van der Waals surface area contributed by atoms with Gasteiger partial charge >= 0.3 is 12.0 Å². The summed E-state index contributed by atoms with van der Waals surface area (Å²) in [4.78, 5) is 22.6. The van der Waals surface area contributed by atoms with Gasteiger partial charge in [0.05, 0.1) is 13.1 Å². The average Bonchev–Trinajstić information content (AvgIpc) is 2.68. The molecule has 0 aliphatic heterocycles. The van der Waals surface area contributed by atoms with Gasteiger partial charge in [-0.1, -0.05) is 0 Å². The first-order valence-electron chi connectivity index (χ1n) is 4.96. The molecule has 2 amide bonds. The second-order valence-corrected chi connectivity index (χ2v) is 4.45. The summed E-state index contributed by atoms with van der Waals surface area (Å²) in [5.41, 5.74) is 1.10. The summed E-state index contributed by atoms with van der Waals surface area (Å²) >= 11 is 1.53. The average molecular weight is 258 g/mol. The molecule has 0 saturated carbocycles. The number of hydrogen-bond acceptors (Lipinski definition) is 4. The Morgan fingerprint density at radius 1 is 1.47 bits per heavy atom. The van der Waals surface area contributed by atoms with Crippen LogP contribution in [-0.2, 0) is 11.3 Å². The molecule has 4 N–H and O–H groups in total. The summed E-state index contributed by atoms with van der Waals surface area (Å²) in [7, 11) is 0. The highest BCUT2D eigenvalue weighted by atomic mass is 32.1. The summed E-state index contributed by atoms with van der Waals surface area (Å²) in [6.07, 6.45) is -1.58. The van der Waals surface area contributed by atoms with Crippen molar-refractivity contribution in [2.24, 2.45) is 0 Å². The van der Waals surface area contributed by atoms with Crippen LogP contribution in [0.15, 0.2) is 11.4 Å². The Labute approximate surface area is 102 Å². The quantitative estimate of drug-likeness (QED) is 0.610. The fraction of sp³-hybridized carbons (Fsp3) is 0.400. The molecular weight excluding hydrogens is 244 g/mol. The number of amides is 2. The lowest BCUT2D eigenvalue weighted by molar-refractivity contribution is -0.146.